The number of para-hydroxylation sites is 2. The van der Waals surface area contributed by atoms with Gasteiger partial charge in [0.1, 0.15) is 12.4 Å². The van der Waals surface area contributed by atoms with Crippen LogP contribution in [0.5, 0.6) is 5.75 Å². The number of hydrogen-bond donors (Lipinski definition) is 0. The molecule has 1 fully saturated rings. The van der Waals surface area contributed by atoms with Gasteiger partial charge in [0.25, 0.3) is 0 Å². The lowest BCUT2D eigenvalue weighted by atomic mass is 9.69. The van der Waals surface area contributed by atoms with Crippen molar-refractivity contribution in [1.29, 1.82) is 0 Å². The van der Waals surface area contributed by atoms with Crippen LogP contribution < -0.4 is 9.64 Å². The molecule has 6 nitrogen and oxygen atoms in total. The number of carbonyl (C=O) groups is 2. The van der Waals surface area contributed by atoms with E-state index >= 15 is 0 Å². The van der Waals surface area contributed by atoms with Crippen LogP contribution in [0, 0.1) is 0 Å². The number of rotatable bonds is 7. The first kappa shape index (κ1) is 24.2. The van der Waals surface area contributed by atoms with Crippen LogP contribution in [0.4, 0.5) is 10.8 Å². The molecule has 0 saturated heterocycles. The summed E-state index contributed by atoms with van der Waals surface area (Å²) in [6.07, 6.45) is 4.51. The maximum absolute atomic E-state index is 13.4. The topological polar surface area (TPSA) is 68.7 Å². The third-order valence-electron chi connectivity index (χ3n) is 6.20. The lowest BCUT2D eigenvalue weighted by molar-refractivity contribution is -0.153. The largest absolute Gasteiger partial charge is 0.495 e. The van der Waals surface area contributed by atoms with Crippen LogP contribution in [-0.4, -0.2) is 24.0 Å². The third kappa shape index (κ3) is 4.95. The molecule has 1 saturated carbocycles. The zero-order chi connectivity index (χ0) is 24.1. The Morgan fingerprint density at radius 1 is 1.12 bits per heavy atom. The highest BCUT2D eigenvalue weighted by atomic mass is 35.5. The van der Waals surface area contributed by atoms with Crippen molar-refractivity contribution < 1.29 is 19.1 Å². The van der Waals surface area contributed by atoms with E-state index in [2.05, 4.69) is 4.98 Å². The lowest BCUT2D eigenvalue weighted by Crippen LogP contribution is -2.39. The first-order valence-corrected chi connectivity index (χ1v) is 12.5. The maximum atomic E-state index is 13.4. The number of anilines is 2. The van der Waals surface area contributed by atoms with E-state index in [9.17, 15) is 9.59 Å². The van der Waals surface area contributed by atoms with Gasteiger partial charge in [-0.1, -0.05) is 55.1 Å². The number of hydrogen-bond acceptors (Lipinski definition) is 6. The van der Waals surface area contributed by atoms with Crippen LogP contribution in [0.2, 0.25) is 5.02 Å². The Morgan fingerprint density at radius 2 is 1.88 bits per heavy atom. The van der Waals surface area contributed by atoms with E-state index in [1.165, 1.54) is 23.2 Å². The molecule has 8 heteroatoms. The number of methoxy groups -OCH3 is 1. The Kier molecular flexibility index (Phi) is 7.54. The number of aromatic nitrogens is 1. The van der Waals surface area contributed by atoms with Crippen LogP contribution in [0.15, 0.2) is 53.9 Å². The minimum Gasteiger partial charge on any atom is -0.495 e. The molecule has 0 unspecified atom stereocenters. The number of esters is 1. The van der Waals surface area contributed by atoms with Crippen LogP contribution in [0.1, 0.15) is 50.3 Å². The Bertz CT molecular complexity index is 1170. The molecular formula is C26H27ClN2O4S. The summed E-state index contributed by atoms with van der Waals surface area (Å²) in [5, 5.41) is 2.91. The van der Waals surface area contributed by atoms with E-state index in [1.54, 1.807) is 24.6 Å². The average molecular weight is 499 g/mol. The molecule has 1 aliphatic rings. The monoisotopic (exact) mass is 498 g/mol. The summed E-state index contributed by atoms with van der Waals surface area (Å²) in [5.41, 5.74) is 1.41. The van der Waals surface area contributed by atoms with Crippen molar-refractivity contribution in [2.75, 3.05) is 12.0 Å². The number of carbonyl (C=O) groups excluding carboxylic acids is 2. The van der Waals surface area contributed by atoms with Gasteiger partial charge in [0.05, 0.1) is 23.9 Å². The zero-order valence-electron chi connectivity index (χ0n) is 19.3. The minimum atomic E-state index is -0.690. The number of amides is 1. The first-order chi connectivity index (χ1) is 16.4. The van der Waals surface area contributed by atoms with Crippen LogP contribution in [0.3, 0.4) is 0 Å². The number of benzene rings is 2. The molecule has 1 amide bonds. The molecule has 34 heavy (non-hydrogen) atoms. The smallest absolute Gasteiger partial charge is 0.316 e. The van der Waals surface area contributed by atoms with E-state index < -0.39 is 5.41 Å². The maximum Gasteiger partial charge on any atom is 0.316 e. The van der Waals surface area contributed by atoms with Gasteiger partial charge in [0, 0.05) is 17.3 Å². The van der Waals surface area contributed by atoms with Crippen molar-refractivity contribution in [3.8, 4) is 5.75 Å². The Morgan fingerprint density at radius 3 is 2.59 bits per heavy atom. The van der Waals surface area contributed by atoms with Crippen molar-refractivity contribution in [2.24, 2.45) is 0 Å². The number of halogens is 1. The number of ether oxygens (including phenoxy) is 2. The van der Waals surface area contributed by atoms with Gasteiger partial charge in [0.15, 0.2) is 5.13 Å². The van der Waals surface area contributed by atoms with Crippen molar-refractivity contribution in [3.05, 3.63) is 70.2 Å². The number of thiazole rings is 1. The minimum absolute atomic E-state index is 0.0370. The fourth-order valence-electron chi connectivity index (χ4n) is 4.52. The van der Waals surface area contributed by atoms with E-state index in [0.717, 1.165) is 37.7 Å². The van der Waals surface area contributed by atoms with Gasteiger partial charge in [-0.3, -0.25) is 14.5 Å². The van der Waals surface area contributed by atoms with E-state index in [-0.39, 0.29) is 18.5 Å². The molecule has 0 spiro atoms. The quantitative estimate of drug-likeness (QED) is 0.351. The second kappa shape index (κ2) is 10.6. The van der Waals surface area contributed by atoms with Crippen LogP contribution in [-0.2, 0) is 26.3 Å². The predicted molar refractivity (Wildman–Crippen MR) is 134 cm³/mol. The highest BCUT2D eigenvalue weighted by molar-refractivity contribution is 7.14. The number of nitrogens with zero attached hydrogens (tertiary/aromatic N) is 2. The molecule has 0 aliphatic heterocycles. The zero-order valence-corrected chi connectivity index (χ0v) is 20.8. The van der Waals surface area contributed by atoms with Crippen LogP contribution >= 0.6 is 22.9 Å². The molecular weight excluding hydrogens is 472 g/mol. The Labute approximate surface area is 208 Å². The molecule has 0 bridgehead atoms. The molecule has 0 radical (unpaired) electrons. The summed E-state index contributed by atoms with van der Waals surface area (Å²) in [5.74, 6) is 0.128. The fraction of sp³-hybridized carbons (Fsp3) is 0.346. The van der Waals surface area contributed by atoms with Crippen LogP contribution in [0.25, 0.3) is 0 Å². The molecule has 4 rings (SSSR count). The second-order valence-electron chi connectivity index (χ2n) is 8.38. The van der Waals surface area contributed by atoms with Gasteiger partial charge in [-0.2, -0.15) is 0 Å². The first-order valence-electron chi connectivity index (χ1n) is 11.3. The van der Waals surface area contributed by atoms with Gasteiger partial charge < -0.3 is 9.47 Å². The molecule has 3 aromatic rings. The van der Waals surface area contributed by atoms with Gasteiger partial charge in [-0.25, -0.2) is 4.98 Å². The Balaban J connectivity index is 1.53. The average Bonchev–Trinajstić information content (AvgIpc) is 3.31. The standard InChI is InChI=1S/C26H27ClN2O4S/c1-18(30)29(22-11-4-5-12-23(22)32-2)25-28-21(17-34-25)16-33-24(31)26(13-6-3-7-14-26)19-9-8-10-20(27)15-19/h4-5,8-12,15,17H,3,6-7,13-14,16H2,1-2H3. The van der Waals surface area contributed by atoms with Gasteiger partial charge in [0.2, 0.25) is 5.91 Å². The summed E-state index contributed by atoms with van der Waals surface area (Å²) in [7, 11) is 1.56. The van der Waals surface area contributed by atoms with Gasteiger partial charge in [-0.15, -0.1) is 11.3 Å². The molecule has 0 atom stereocenters. The van der Waals surface area contributed by atoms with Gasteiger partial charge >= 0.3 is 5.97 Å². The summed E-state index contributed by atoms with van der Waals surface area (Å²) in [6.45, 7) is 1.51. The predicted octanol–water partition coefficient (Wildman–Crippen LogP) is 6.44. The molecule has 1 aliphatic carbocycles. The summed E-state index contributed by atoms with van der Waals surface area (Å²) >= 11 is 7.55. The molecule has 2 aromatic carbocycles. The fourth-order valence-corrected chi connectivity index (χ4v) is 5.57. The molecule has 178 valence electrons. The summed E-state index contributed by atoms with van der Waals surface area (Å²) < 4.78 is 11.2. The SMILES string of the molecule is COc1ccccc1N(C(C)=O)c1nc(COC(=O)C2(c3cccc(Cl)c3)CCCCC2)cs1. The van der Waals surface area contributed by atoms with E-state index in [1.807, 2.05) is 36.4 Å². The van der Waals surface area contributed by atoms with Crippen molar-refractivity contribution in [2.45, 2.75) is 51.0 Å². The van der Waals surface area contributed by atoms with Crippen molar-refractivity contribution in [3.63, 3.8) is 0 Å². The lowest BCUT2D eigenvalue weighted by Gasteiger charge is -2.35. The third-order valence-corrected chi connectivity index (χ3v) is 7.31. The molecule has 1 heterocycles. The van der Waals surface area contributed by atoms with Crippen molar-refractivity contribution >= 4 is 45.6 Å². The Hall–Kier alpha value is -2.90. The molecule has 1 aromatic heterocycles. The molecule has 0 N–H and O–H groups in total. The van der Waals surface area contributed by atoms with Gasteiger partial charge in [-0.05, 0) is 42.7 Å². The van der Waals surface area contributed by atoms with Crippen molar-refractivity contribution in [1.82, 2.24) is 4.98 Å². The van der Waals surface area contributed by atoms with E-state index in [4.69, 9.17) is 21.1 Å². The highest BCUT2D eigenvalue weighted by Crippen LogP contribution is 2.42. The summed E-state index contributed by atoms with van der Waals surface area (Å²) in [6, 6.07) is 14.8. The summed E-state index contributed by atoms with van der Waals surface area (Å²) in [4.78, 5) is 31.9. The highest BCUT2D eigenvalue weighted by Gasteiger charge is 2.42. The second-order valence-corrected chi connectivity index (χ2v) is 9.65. The normalized spacial score (nSPS) is 14.9. The van der Waals surface area contributed by atoms with E-state index in [0.29, 0.717) is 27.3 Å².